The molecule has 1 atom stereocenters. The summed E-state index contributed by atoms with van der Waals surface area (Å²) >= 11 is 0. The number of sulfonamides is 1. The van der Waals surface area contributed by atoms with Crippen LogP contribution in [0.25, 0.3) is 0 Å². The smallest absolute Gasteiger partial charge is 0.307 e. The van der Waals surface area contributed by atoms with E-state index in [9.17, 15) is 13.2 Å². The highest BCUT2D eigenvalue weighted by Gasteiger charge is 2.16. The highest BCUT2D eigenvalue weighted by Crippen LogP contribution is 2.04. The Morgan fingerprint density at radius 2 is 1.94 bits per heavy atom. The standard InChI is InChI=1S/C11H15NO4S/c1-9(11(13)14)7-12-17(15,16)8-10-5-3-2-4-6-10/h2-6,9,12H,7-8H2,1H3,(H,13,14). The van der Waals surface area contributed by atoms with E-state index < -0.39 is 21.9 Å². The van der Waals surface area contributed by atoms with Gasteiger partial charge in [0.15, 0.2) is 0 Å². The van der Waals surface area contributed by atoms with Gasteiger partial charge in [-0.25, -0.2) is 13.1 Å². The van der Waals surface area contributed by atoms with E-state index >= 15 is 0 Å². The fraction of sp³-hybridized carbons (Fsp3) is 0.364. The molecule has 1 aromatic carbocycles. The minimum absolute atomic E-state index is 0.0928. The number of rotatable bonds is 6. The van der Waals surface area contributed by atoms with E-state index in [0.717, 1.165) is 0 Å². The molecule has 17 heavy (non-hydrogen) atoms. The molecule has 0 aromatic heterocycles. The highest BCUT2D eigenvalue weighted by molar-refractivity contribution is 7.88. The zero-order chi connectivity index (χ0) is 12.9. The molecule has 6 heteroatoms. The average Bonchev–Trinajstić information content (AvgIpc) is 2.26. The molecule has 0 bridgehead atoms. The van der Waals surface area contributed by atoms with E-state index in [-0.39, 0.29) is 12.3 Å². The lowest BCUT2D eigenvalue weighted by Crippen LogP contribution is -2.32. The van der Waals surface area contributed by atoms with Gasteiger partial charge in [0.05, 0.1) is 11.7 Å². The summed E-state index contributed by atoms with van der Waals surface area (Å²) in [4.78, 5) is 10.5. The number of carboxylic acid groups (broad SMARTS) is 1. The fourth-order valence-electron chi connectivity index (χ4n) is 1.18. The van der Waals surface area contributed by atoms with E-state index in [0.29, 0.717) is 5.56 Å². The predicted octanol–water partition coefficient (Wildman–Crippen LogP) is 0.827. The van der Waals surface area contributed by atoms with Crippen LogP contribution in [-0.4, -0.2) is 26.0 Å². The monoisotopic (exact) mass is 257 g/mol. The van der Waals surface area contributed by atoms with Crippen molar-refractivity contribution in [1.29, 1.82) is 0 Å². The summed E-state index contributed by atoms with van der Waals surface area (Å²) in [6, 6.07) is 8.73. The van der Waals surface area contributed by atoms with Crippen molar-refractivity contribution < 1.29 is 18.3 Å². The van der Waals surface area contributed by atoms with E-state index in [4.69, 9.17) is 5.11 Å². The van der Waals surface area contributed by atoms with Gasteiger partial charge in [-0.3, -0.25) is 4.79 Å². The van der Waals surface area contributed by atoms with Gasteiger partial charge in [-0.2, -0.15) is 0 Å². The Morgan fingerprint density at radius 1 is 1.35 bits per heavy atom. The van der Waals surface area contributed by atoms with Crippen LogP contribution in [0.15, 0.2) is 30.3 Å². The molecule has 0 saturated heterocycles. The molecule has 0 aliphatic carbocycles. The number of nitrogens with one attached hydrogen (secondary N) is 1. The third-order valence-corrected chi connectivity index (χ3v) is 3.55. The molecule has 2 N–H and O–H groups in total. The fourth-order valence-corrected chi connectivity index (χ4v) is 2.42. The first-order valence-corrected chi connectivity index (χ1v) is 6.80. The Labute approximate surface area is 101 Å². The van der Waals surface area contributed by atoms with Crippen molar-refractivity contribution in [3.63, 3.8) is 0 Å². The second-order valence-electron chi connectivity index (χ2n) is 3.83. The second kappa shape index (κ2) is 5.79. The van der Waals surface area contributed by atoms with Gasteiger partial charge < -0.3 is 5.11 Å². The number of carbonyl (C=O) groups is 1. The quantitative estimate of drug-likeness (QED) is 0.790. The van der Waals surface area contributed by atoms with Crippen molar-refractivity contribution in [3.8, 4) is 0 Å². The summed E-state index contributed by atoms with van der Waals surface area (Å²) in [6.07, 6.45) is 0. The first-order valence-electron chi connectivity index (χ1n) is 5.15. The molecule has 1 unspecified atom stereocenters. The second-order valence-corrected chi connectivity index (χ2v) is 5.64. The molecule has 0 spiro atoms. The van der Waals surface area contributed by atoms with Crippen molar-refractivity contribution in [1.82, 2.24) is 4.72 Å². The van der Waals surface area contributed by atoms with Crippen LogP contribution in [0.5, 0.6) is 0 Å². The van der Waals surface area contributed by atoms with E-state index in [2.05, 4.69) is 4.72 Å². The summed E-state index contributed by atoms with van der Waals surface area (Å²) in [5.41, 5.74) is 0.669. The summed E-state index contributed by atoms with van der Waals surface area (Å²) in [6.45, 7) is 1.36. The van der Waals surface area contributed by atoms with Crippen LogP contribution < -0.4 is 4.72 Å². The van der Waals surface area contributed by atoms with Crippen molar-refractivity contribution in [2.24, 2.45) is 5.92 Å². The van der Waals surface area contributed by atoms with E-state index in [1.807, 2.05) is 0 Å². The Bertz CT molecular complexity index is 470. The first-order chi connectivity index (χ1) is 7.91. The van der Waals surface area contributed by atoms with Gasteiger partial charge in [0.1, 0.15) is 0 Å². The minimum atomic E-state index is -3.48. The zero-order valence-corrected chi connectivity index (χ0v) is 10.3. The van der Waals surface area contributed by atoms with Crippen molar-refractivity contribution in [2.45, 2.75) is 12.7 Å². The van der Waals surface area contributed by atoms with Gasteiger partial charge >= 0.3 is 5.97 Å². The summed E-state index contributed by atoms with van der Waals surface area (Å²) in [5.74, 6) is -1.90. The minimum Gasteiger partial charge on any atom is -0.481 e. The maximum absolute atomic E-state index is 11.6. The van der Waals surface area contributed by atoms with Crippen LogP contribution in [0.1, 0.15) is 12.5 Å². The number of carboxylic acids is 1. The molecule has 0 saturated carbocycles. The van der Waals surface area contributed by atoms with Gasteiger partial charge in [-0.15, -0.1) is 0 Å². The number of benzene rings is 1. The zero-order valence-electron chi connectivity index (χ0n) is 9.46. The Hall–Kier alpha value is -1.40. The number of hydrogen-bond donors (Lipinski definition) is 2. The molecular formula is C11H15NO4S. The Kier molecular flexibility index (Phi) is 4.65. The van der Waals surface area contributed by atoms with Crippen LogP contribution >= 0.6 is 0 Å². The van der Waals surface area contributed by atoms with Crippen LogP contribution in [0.4, 0.5) is 0 Å². The van der Waals surface area contributed by atoms with Gasteiger partial charge in [-0.05, 0) is 5.56 Å². The largest absolute Gasteiger partial charge is 0.481 e. The van der Waals surface area contributed by atoms with E-state index in [1.54, 1.807) is 30.3 Å². The molecule has 94 valence electrons. The summed E-state index contributed by atoms with van der Waals surface area (Å²) in [5, 5.41) is 8.63. The van der Waals surface area contributed by atoms with E-state index in [1.165, 1.54) is 6.92 Å². The summed E-state index contributed by atoms with van der Waals surface area (Å²) in [7, 11) is -3.48. The molecule has 0 amide bonds. The maximum Gasteiger partial charge on any atom is 0.307 e. The molecule has 0 fully saturated rings. The molecule has 0 radical (unpaired) electrons. The van der Waals surface area contributed by atoms with Crippen LogP contribution in [0, 0.1) is 5.92 Å². The Morgan fingerprint density at radius 3 is 2.47 bits per heavy atom. The van der Waals surface area contributed by atoms with Gasteiger partial charge in [-0.1, -0.05) is 37.3 Å². The predicted molar refractivity (Wildman–Crippen MR) is 63.9 cm³/mol. The van der Waals surface area contributed by atoms with Crippen LogP contribution in [0.2, 0.25) is 0 Å². The van der Waals surface area contributed by atoms with Crippen molar-refractivity contribution in [3.05, 3.63) is 35.9 Å². The SMILES string of the molecule is CC(CNS(=O)(=O)Cc1ccccc1)C(=O)O. The van der Waals surface area contributed by atoms with Crippen LogP contribution in [0.3, 0.4) is 0 Å². The molecule has 5 nitrogen and oxygen atoms in total. The van der Waals surface area contributed by atoms with Gasteiger partial charge in [0.2, 0.25) is 10.0 Å². The maximum atomic E-state index is 11.6. The molecular weight excluding hydrogens is 242 g/mol. The lowest BCUT2D eigenvalue weighted by atomic mass is 10.2. The third kappa shape index (κ3) is 4.97. The Balaban J connectivity index is 2.56. The molecule has 0 heterocycles. The van der Waals surface area contributed by atoms with Crippen molar-refractivity contribution in [2.75, 3.05) is 6.54 Å². The summed E-state index contributed by atoms with van der Waals surface area (Å²) < 4.78 is 25.5. The topological polar surface area (TPSA) is 83.5 Å². The number of hydrogen-bond acceptors (Lipinski definition) is 3. The lowest BCUT2D eigenvalue weighted by molar-refractivity contribution is -0.140. The highest BCUT2D eigenvalue weighted by atomic mass is 32.2. The third-order valence-electron chi connectivity index (χ3n) is 2.23. The lowest BCUT2D eigenvalue weighted by Gasteiger charge is -2.09. The average molecular weight is 257 g/mol. The normalized spacial score (nSPS) is 13.2. The number of aliphatic carboxylic acids is 1. The molecule has 1 aromatic rings. The van der Waals surface area contributed by atoms with Gasteiger partial charge in [0, 0.05) is 6.54 Å². The van der Waals surface area contributed by atoms with Crippen molar-refractivity contribution >= 4 is 16.0 Å². The molecule has 0 aliphatic heterocycles. The molecule has 0 aliphatic rings. The first kappa shape index (κ1) is 13.7. The van der Waals surface area contributed by atoms with Crippen LogP contribution in [-0.2, 0) is 20.6 Å². The molecule has 1 rings (SSSR count). The van der Waals surface area contributed by atoms with Gasteiger partial charge in [0.25, 0.3) is 0 Å².